The second-order valence-corrected chi connectivity index (χ2v) is 6.79. The molecule has 0 amide bonds. The summed E-state index contributed by atoms with van der Waals surface area (Å²) in [5.41, 5.74) is 1.48. The Balaban J connectivity index is 0.00000113. The number of rotatable bonds is 3. The zero-order chi connectivity index (χ0) is 15.5. The Kier molecular flexibility index (Phi) is 7.98. The van der Waals surface area contributed by atoms with Crippen molar-refractivity contribution in [1.82, 2.24) is 10.2 Å². The van der Waals surface area contributed by atoms with Crippen molar-refractivity contribution in [2.24, 2.45) is 5.92 Å². The van der Waals surface area contributed by atoms with Crippen LogP contribution in [0, 0.1) is 5.92 Å². The molecule has 2 aliphatic rings. The second kappa shape index (κ2) is 9.75. The molecule has 1 atom stereocenters. The average molecular weight is 383 g/mol. The number of fused-ring (bicyclic) bond motifs is 1. The molecule has 4 rings (SSSR count). The quantitative estimate of drug-likeness (QED) is 0.865. The molecule has 0 bridgehead atoms. The van der Waals surface area contributed by atoms with Gasteiger partial charge in [0.25, 0.3) is 0 Å². The van der Waals surface area contributed by atoms with Crippen LogP contribution in [0.3, 0.4) is 0 Å². The molecule has 0 saturated carbocycles. The molecule has 2 heterocycles. The van der Waals surface area contributed by atoms with Gasteiger partial charge in [0, 0.05) is 45.4 Å². The third-order valence-electron chi connectivity index (χ3n) is 5.37. The highest BCUT2D eigenvalue weighted by Gasteiger charge is 2.31. The van der Waals surface area contributed by atoms with Gasteiger partial charge in [0.1, 0.15) is 0 Å². The van der Waals surface area contributed by atoms with Crippen molar-refractivity contribution in [1.29, 1.82) is 0 Å². The molecule has 0 aromatic heterocycles. The van der Waals surface area contributed by atoms with Crippen LogP contribution in [0.5, 0.6) is 0 Å². The third kappa shape index (κ3) is 4.66. The molecule has 138 valence electrons. The Morgan fingerprint density at radius 1 is 0.920 bits per heavy atom. The van der Waals surface area contributed by atoms with Gasteiger partial charge in [-0.3, -0.25) is 4.90 Å². The van der Waals surface area contributed by atoms with Crippen LogP contribution in [0.25, 0.3) is 10.8 Å². The zero-order valence-corrected chi connectivity index (χ0v) is 16.2. The number of piperazine rings is 1. The van der Waals surface area contributed by atoms with Crippen LogP contribution in [-0.4, -0.2) is 44.3 Å². The third-order valence-corrected chi connectivity index (χ3v) is 5.37. The first-order valence-corrected chi connectivity index (χ1v) is 8.93. The van der Waals surface area contributed by atoms with Crippen molar-refractivity contribution >= 4 is 35.6 Å². The van der Waals surface area contributed by atoms with Crippen LogP contribution in [0.1, 0.15) is 24.4 Å². The van der Waals surface area contributed by atoms with Gasteiger partial charge >= 0.3 is 0 Å². The Labute approximate surface area is 162 Å². The number of nitrogens with zero attached hydrogens (tertiary/aromatic N) is 1. The monoisotopic (exact) mass is 382 g/mol. The molecule has 25 heavy (non-hydrogen) atoms. The predicted molar refractivity (Wildman–Crippen MR) is 109 cm³/mol. The molecular weight excluding hydrogens is 355 g/mol. The molecule has 0 unspecified atom stereocenters. The largest absolute Gasteiger partial charge is 0.381 e. The van der Waals surface area contributed by atoms with Gasteiger partial charge in [0.05, 0.1) is 0 Å². The van der Waals surface area contributed by atoms with E-state index in [4.69, 9.17) is 4.74 Å². The fourth-order valence-electron chi connectivity index (χ4n) is 4.16. The summed E-state index contributed by atoms with van der Waals surface area (Å²) >= 11 is 0. The minimum Gasteiger partial charge on any atom is -0.381 e. The van der Waals surface area contributed by atoms with E-state index < -0.39 is 0 Å². The Morgan fingerprint density at radius 2 is 1.60 bits per heavy atom. The lowest BCUT2D eigenvalue weighted by atomic mass is 9.85. The molecule has 1 N–H and O–H groups in total. The maximum Gasteiger partial charge on any atom is 0.0469 e. The van der Waals surface area contributed by atoms with Gasteiger partial charge in [-0.2, -0.15) is 0 Å². The fourth-order valence-corrected chi connectivity index (χ4v) is 4.16. The number of halogens is 2. The Morgan fingerprint density at radius 3 is 2.32 bits per heavy atom. The summed E-state index contributed by atoms with van der Waals surface area (Å²) in [4.78, 5) is 2.69. The predicted octanol–water partition coefficient (Wildman–Crippen LogP) is 4.06. The van der Waals surface area contributed by atoms with Crippen LogP contribution in [0.4, 0.5) is 0 Å². The first-order chi connectivity index (χ1) is 11.4. The number of hydrogen-bond donors (Lipinski definition) is 1. The summed E-state index contributed by atoms with van der Waals surface area (Å²) in [6.45, 7) is 6.34. The zero-order valence-electron chi connectivity index (χ0n) is 14.5. The molecule has 5 heteroatoms. The van der Waals surface area contributed by atoms with Crippen molar-refractivity contribution < 1.29 is 4.74 Å². The van der Waals surface area contributed by atoms with Gasteiger partial charge in [-0.1, -0.05) is 36.4 Å². The average Bonchev–Trinajstić information content (AvgIpc) is 2.64. The van der Waals surface area contributed by atoms with E-state index in [1.54, 1.807) is 0 Å². The summed E-state index contributed by atoms with van der Waals surface area (Å²) in [7, 11) is 0. The van der Waals surface area contributed by atoms with Crippen molar-refractivity contribution in [2.75, 3.05) is 39.4 Å². The van der Waals surface area contributed by atoms with E-state index in [0.29, 0.717) is 12.0 Å². The van der Waals surface area contributed by atoms with Crippen LogP contribution < -0.4 is 5.32 Å². The maximum absolute atomic E-state index is 5.61. The standard InChI is InChI=1S/C20H26N2O.2ClH/c1-2-4-18-15-19(6-5-16(18)3-1)20(17-7-13-23-14-8-17)22-11-9-21-10-12-22;;/h1-6,15,17,20-21H,7-14H2;2*1H/t20-;;/m0../s1. The Bertz CT molecular complexity index is 637. The van der Waals surface area contributed by atoms with Gasteiger partial charge in [-0.15, -0.1) is 24.8 Å². The molecular formula is C20H28Cl2N2O. The molecule has 0 aliphatic carbocycles. The second-order valence-electron chi connectivity index (χ2n) is 6.79. The number of nitrogens with one attached hydrogen (secondary N) is 1. The smallest absolute Gasteiger partial charge is 0.0469 e. The summed E-state index contributed by atoms with van der Waals surface area (Å²) in [5, 5.41) is 6.18. The minimum atomic E-state index is 0. The lowest BCUT2D eigenvalue weighted by Gasteiger charge is -2.41. The topological polar surface area (TPSA) is 24.5 Å². The van der Waals surface area contributed by atoms with E-state index in [9.17, 15) is 0 Å². The number of hydrogen-bond acceptors (Lipinski definition) is 3. The molecule has 2 aromatic carbocycles. The van der Waals surface area contributed by atoms with E-state index in [1.807, 2.05) is 0 Å². The highest BCUT2D eigenvalue weighted by molar-refractivity contribution is 5.85. The van der Waals surface area contributed by atoms with E-state index in [-0.39, 0.29) is 24.8 Å². The molecule has 2 fully saturated rings. The van der Waals surface area contributed by atoms with Gasteiger partial charge in [-0.25, -0.2) is 0 Å². The fraction of sp³-hybridized carbons (Fsp3) is 0.500. The molecule has 2 aromatic rings. The van der Waals surface area contributed by atoms with Crippen LogP contribution in [0.15, 0.2) is 42.5 Å². The Hall–Kier alpha value is -0.840. The molecule has 0 spiro atoms. The normalized spacial score (nSPS) is 20.5. The van der Waals surface area contributed by atoms with Gasteiger partial charge in [0.2, 0.25) is 0 Å². The number of ether oxygens (including phenoxy) is 1. The molecule has 0 radical (unpaired) electrons. The van der Waals surface area contributed by atoms with Crippen LogP contribution >= 0.6 is 24.8 Å². The van der Waals surface area contributed by atoms with Crippen molar-refractivity contribution in [2.45, 2.75) is 18.9 Å². The minimum absolute atomic E-state index is 0. The van der Waals surface area contributed by atoms with E-state index in [1.165, 1.54) is 29.2 Å². The van der Waals surface area contributed by atoms with E-state index >= 15 is 0 Å². The summed E-state index contributed by atoms with van der Waals surface area (Å²) < 4.78 is 5.61. The van der Waals surface area contributed by atoms with Crippen LogP contribution in [0.2, 0.25) is 0 Å². The number of benzene rings is 2. The molecule has 2 aliphatic heterocycles. The lowest BCUT2D eigenvalue weighted by Crippen LogP contribution is -2.47. The van der Waals surface area contributed by atoms with Crippen molar-refractivity contribution in [3.05, 3.63) is 48.0 Å². The van der Waals surface area contributed by atoms with E-state index in [0.717, 1.165) is 39.4 Å². The first-order valence-electron chi connectivity index (χ1n) is 8.93. The molecule has 2 saturated heterocycles. The maximum atomic E-state index is 5.61. The van der Waals surface area contributed by atoms with Gasteiger partial charge in [0.15, 0.2) is 0 Å². The molecule has 3 nitrogen and oxygen atoms in total. The highest BCUT2D eigenvalue weighted by atomic mass is 35.5. The lowest BCUT2D eigenvalue weighted by molar-refractivity contribution is 0.0213. The van der Waals surface area contributed by atoms with E-state index in [2.05, 4.69) is 52.7 Å². The summed E-state index contributed by atoms with van der Waals surface area (Å²) in [6, 6.07) is 16.3. The highest BCUT2D eigenvalue weighted by Crippen LogP contribution is 2.36. The van der Waals surface area contributed by atoms with Gasteiger partial charge in [-0.05, 0) is 41.2 Å². The SMILES string of the molecule is Cl.Cl.c1ccc2cc([C@H](C3CCOCC3)N3CCNCC3)ccc2c1. The van der Waals surface area contributed by atoms with Crippen LogP contribution in [-0.2, 0) is 4.74 Å². The van der Waals surface area contributed by atoms with Crippen molar-refractivity contribution in [3.8, 4) is 0 Å². The van der Waals surface area contributed by atoms with Gasteiger partial charge < -0.3 is 10.1 Å². The first kappa shape index (κ1) is 20.5. The summed E-state index contributed by atoms with van der Waals surface area (Å²) in [5.74, 6) is 0.711. The van der Waals surface area contributed by atoms with Crippen molar-refractivity contribution in [3.63, 3.8) is 0 Å². The summed E-state index contributed by atoms with van der Waals surface area (Å²) in [6.07, 6.45) is 2.36.